The molecule has 1 atom stereocenters. The number of rotatable bonds is 8. The Morgan fingerprint density at radius 3 is 2.44 bits per heavy atom. The predicted molar refractivity (Wildman–Crippen MR) is 119 cm³/mol. The summed E-state index contributed by atoms with van der Waals surface area (Å²) in [5.74, 6) is -0.957. The molecule has 3 rings (SSSR count). The lowest BCUT2D eigenvalue weighted by atomic mass is 9.98. The van der Waals surface area contributed by atoms with E-state index in [2.05, 4.69) is 15.7 Å². The van der Waals surface area contributed by atoms with E-state index in [-0.39, 0.29) is 35.6 Å². The molecule has 0 aliphatic rings. The Kier molecular flexibility index (Phi) is 7.25. The SMILES string of the molecule is COc1cc(C(=O)N[C@@H](CC(=O)NC(C)C)c2ccccc2C)nn1-c1ccccc1F. The highest BCUT2D eigenvalue weighted by molar-refractivity contribution is 5.93. The van der Waals surface area contributed by atoms with E-state index < -0.39 is 17.8 Å². The Hall–Kier alpha value is -3.68. The van der Waals surface area contributed by atoms with Gasteiger partial charge in [0.25, 0.3) is 5.91 Å². The van der Waals surface area contributed by atoms with Crippen molar-refractivity contribution in [1.82, 2.24) is 20.4 Å². The molecular formula is C24H27FN4O3. The van der Waals surface area contributed by atoms with Crippen LogP contribution in [0.5, 0.6) is 5.88 Å². The molecule has 1 heterocycles. The van der Waals surface area contributed by atoms with Gasteiger partial charge in [-0.05, 0) is 44.0 Å². The number of aryl methyl sites for hydroxylation is 1. The molecule has 0 radical (unpaired) electrons. The van der Waals surface area contributed by atoms with Crippen LogP contribution >= 0.6 is 0 Å². The van der Waals surface area contributed by atoms with Gasteiger partial charge in [-0.25, -0.2) is 4.39 Å². The van der Waals surface area contributed by atoms with E-state index in [1.165, 1.54) is 23.9 Å². The molecule has 2 aromatic carbocycles. The third kappa shape index (κ3) is 5.32. The van der Waals surface area contributed by atoms with Crippen molar-refractivity contribution >= 4 is 11.8 Å². The van der Waals surface area contributed by atoms with Crippen molar-refractivity contribution in [3.05, 3.63) is 77.2 Å². The fraction of sp³-hybridized carbons (Fsp3) is 0.292. The Morgan fingerprint density at radius 2 is 1.78 bits per heavy atom. The number of carbonyl (C=O) groups excluding carboxylic acids is 2. The maximum Gasteiger partial charge on any atom is 0.272 e. The fourth-order valence-electron chi connectivity index (χ4n) is 3.43. The molecule has 0 saturated heterocycles. The molecule has 0 spiro atoms. The first-order valence-corrected chi connectivity index (χ1v) is 10.3. The number of carbonyl (C=O) groups is 2. The van der Waals surface area contributed by atoms with E-state index >= 15 is 0 Å². The summed E-state index contributed by atoms with van der Waals surface area (Å²) in [6.07, 6.45) is 0.0694. The van der Waals surface area contributed by atoms with Gasteiger partial charge >= 0.3 is 0 Å². The molecule has 0 unspecified atom stereocenters. The maximum atomic E-state index is 14.3. The minimum absolute atomic E-state index is 0.0172. The van der Waals surface area contributed by atoms with Crippen LogP contribution in [0.3, 0.4) is 0 Å². The molecule has 0 bridgehead atoms. The Bertz CT molecular complexity index is 1110. The van der Waals surface area contributed by atoms with Gasteiger partial charge in [0.05, 0.1) is 19.6 Å². The number of halogens is 1. The van der Waals surface area contributed by atoms with Gasteiger partial charge < -0.3 is 15.4 Å². The summed E-state index contributed by atoms with van der Waals surface area (Å²) in [7, 11) is 1.42. The average molecular weight is 439 g/mol. The molecule has 0 saturated carbocycles. The second-order valence-electron chi connectivity index (χ2n) is 7.74. The van der Waals surface area contributed by atoms with Crippen LogP contribution in [-0.4, -0.2) is 34.7 Å². The normalized spacial score (nSPS) is 11.8. The zero-order chi connectivity index (χ0) is 23.3. The number of nitrogens with one attached hydrogen (secondary N) is 2. The summed E-state index contributed by atoms with van der Waals surface area (Å²) in [5.41, 5.74) is 1.99. The first-order chi connectivity index (χ1) is 15.3. The zero-order valence-corrected chi connectivity index (χ0v) is 18.6. The molecule has 8 heteroatoms. The van der Waals surface area contributed by atoms with E-state index in [0.717, 1.165) is 11.1 Å². The number of para-hydroxylation sites is 1. The lowest BCUT2D eigenvalue weighted by molar-refractivity contribution is -0.122. The van der Waals surface area contributed by atoms with E-state index in [0.29, 0.717) is 0 Å². The third-order valence-corrected chi connectivity index (χ3v) is 4.91. The van der Waals surface area contributed by atoms with Crippen molar-refractivity contribution < 1.29 is 18.7 Å². The van der Waals surface area contributed by atoms with Crippen LogP contribution in [0, 0.1) is 12.7 Å². The third-order valence-electron chi connectivity index (χ3n) is 4.91. The summed E-state index contributed by atoms with van der Waals surface area (Å²) in [5, 5.41) is 10.0. The Labute approximate surface area is 186 Å². The number of hydrogen-bond acceptors (Lipinski definition) is 4. The average Bonchev–Trinajstić information content (AvgIpc) is 3.18. The molecule has 2 amide bonds. The topological polar surface area (TPSA) is 85.2 Å². The number of nitrogens with zero attached hydrogens (tertiary/aromatic N) is 2. The predicted octanol–water partition coefficient (Wildman–Crippen LogP) is 3.71. The second kappa shape index (κ2) is 10.1. The van der Waals surface area contributed by atoms with Crippen LogP contribution in [0.25, 0.3) is 5.69 Å². The molecule has 3 aromatic rings. The minimum Gasteiger partial charge on any atom is -0.481 e. The van der Waals surface area contributed by atoms with Crippen LogP contribution in [0.2, 0.25) is 0 Å². The lowest BCUT2D eigenvalue weighted by Crippen LogP contribution is -2.36. The molecule has 2 N–H and O–H groups in total. The summed E-state index contributed by atoms with van der Waals surface area (Å²) < 4.78 is 20.8. The first kappa shape index (κ1) is 23.0. The minimum atomic E-state index is -0.563. The molecule has 0 aliphatic carbocycles. The molecule has 7 nitrogen and oxygen atoms in total. The zero-order valence-electron chi connectivity index (χ0n) is 18.6. The van der Waals surface area contributed by atoms with E-state index in [1.54, 1.807) is 18.2 Å². The largest absolute Gasteiger partial charge is 0.481 e. The number of methoxy groups -OCH3 is 1. The van der Waals surface area contributed by atoms with Gasteiger partial charge in [0.2, 0.25) is 11.8 Å². The van der Waals surface area contributed by atoms with Gasteiger partial charge in [-0.15, -0.1) is 0 Å². The van der Waals surface area contributed by atoms with Crippen molar-refractivity contribution in [3.8, 4) is 11.6 Å². The van der Waals surface area contributed by atoms with Crippen molar-refractivity contribution in [3.63, 3.8) is 0 Å². The number of benzene rings is 2. The van der Waals surface area contributed by atoms with E-state index in [4.69, 9.17) is 4.74 Å². The van der Waals surface area contributed by atoms with Gasteiger partial charge in [-0.2, -0.15) is 9.78 Å². The van der Waals surface area contributed by atoms with Crippen LogP contribution in [-0.2, 0) is 4.79 Å². The number of amides is 2. The highest BCUT2D eigenvalue weighted by atomic mass is 19.1. The molecular weight excluding hydrogens is 411 g/mol. The quantitative estimate of drug-likeness (QED) is 0.561. The monoisotopic (exact) mass is 438 g/mol. The van der Waals surface area contributed by atoms with Crippen LogP contribution in [0.4, 0.5) is 4.39 Å². The summed E-state index contributed by atoms with van der Waals surface area (Å²) in [6, 6.07) is 14.5. The van der Waals surface area contributed by atoms with Crippen molar-refractivity contribution in [2.75, 3.05) is 7.11 Å². The van der Waals surface area contributed by atoms with Gasteiger partial charge in [-0.3, -0.25) is 9.59 Å². The Morgan fingerprint density at radius 1 is 1.09 bits per heavy atom. The number of aromatic nitrogens is 2. The first-order valence-electron chi connectivity index (χ1n) is 10.3. The van der Waals surface area contributed by atoms with Gasteiger partial charge in [0.1, 0.15) is 11.5 Å². The molecule has 32 heavy (non-hydrogen) atoms. The summed E-state index contributed by atoms with van der Waals surface area (Å²) >= 11 is 0. The van der Waals surface area contributed by atoms with Crippen LogP contribution in [0.1, 0.15) is 47.9 Å². The van der Waals surface area contributed by atoms with Crippen LogP contribution in [0.15, 0.2) is 54.6 Å². The fourth-order valence-corrected chi connectivity index (χ4v) is 3.43. The van der Waals surface area contributed by atoms with Gasteiger partial charge in [0, 0.05) is 12.1 Å². The summed E-state index contributed by atoms with van der Waals surface area (Å²) in [4.78, 5) is 25.5. The Balaban J connectivity index is 1.90. The van der Waals surface area contributed by atoms with Crippen molar-refractivity contribution in [2.45, 2.75) is 39.3 Å². The van der Waals surface area contributed by atoms with E-state index in [9.17, 15) is 14.0 Å². The smallest absolute Gasteiger partial charge is 0.272 e. The molecule has 0 aliphatic heterocycles. The molecule has 168 valence electrons. The molecule has 0 fully saturated rings. The van der Waals surface area contributed by atoms with Gasteiger partial charge in [-0.1, -0.05) is 36.4 Å². The van der Waals surface area contributed by atoms with Crippen molar-refractivity contribution in [2.24, 2.45) is 0 Å². The standard InChI is InChI=1S/C24H27FN4O3/c1-15(2)26-22(30)13-19(17-10-6-5-9-16(17)3)27-24(31)20-14-23(32-4)29(28-20)21-12-8-7-11-18(21)25/h5-12,14-15,19H,13H2,1-4H3,(H,26,30)(H,27,31)/t19-/m0/s1. The lowest BCUT2D eigenvalue weighted by Gasteiger charge is -2.21. The highest BCUT2D eigenvalue weighted by Crippen LogP contribution is 2.24. The second-order valence-corrected chi connectivity index (χ2v) is 7.74. The number of hydrogen-bond donors (Lipinski definition) is 2. The van der Waals surface area contributed by atoms with Gasteiger partial charge in [0.15, 0.2) is 5.69 Å². The highest BCUT2D eigenvalue weighted by Gasteiger charge is 2.24. The van der Waals surface area contributed by atoms with E-state index in [1.807, 2.05) is 45.0 Å². The molecule has 1 aromatic heterocycles. The summed E-state index contributed by atoms with van der Waals surface area (Å²) in [6.45, 7) is 5.67. The number of ether oxygens (including phenoxy) is 1. The van der Waals surface area contributed by atoms with Crippen molar-refractivity contribution in [1.29, 1.82) is 0 Å². The van der Waals surface area contributed by atoms with Crippen LogP contribution < -0.4 is 15.4 Å². The maximum absolute atomic E-state index is 14.3.